The van der Waals surface area contributed by atoms with E-state index >= 15 is 0 Å². The van der Waals surface area contributed by atoms with Crippen molar-refractivity contribution in [2.75, 3.05) is 6.26 Å². The highest BCUT2D eigenvalue weighted by Crippen LogP contribution is 2.24. The third kappa shape index (κ3) is 3.35. The summed E-state index contributed by atoms with van der Waals surface area (Å²) in [4.78, 5) is 22.0. The molecule has 1 aromatic carbocycles. The molecule has 7 heteroatoms. The summed E-state index contributed by atoms with van der Waals surface area (Å²) in [7, 11) is 1.97. The predicted octanol–water partition coefficient (Wildman–Crippen LogP) is 3.32. The zero-order chi connectivity index (χ0) is 18.7. The van der Waals surface area contributed by atoms with Gasteiger partial charge in [-0.15, -0.1) is 0 Å². The Bertz CT molecular complexity index is 914. The summed E-state index contributed by atoms with van der Waals surface area (Å²) in [5, 5.41) is 4.01. The van der Waals surface area contributed by atoms with E-state index in [9.17, 15) is 4.79 Å². The number of nitrogens with zero attached hydrogens (tertiary/aromatic N) is 4. The summed E-state index contributed by atoms with van der Waals surface area (Å²) in [5.41, 5.74) is 2.94. The number of benzene rings is 1. The second-order valence-electron chi connectivity index (χ2n) is 6.18. The minimum atomic E-state index is -0.273. The van der Waals surface area contributed by atoms with Crippen LogP contribution in [0.1, 0.15) is 37.8 Å². The molecule has 0 aliphatic heterocycles. The molecule has 0 saturated heterocycles. The van der Waals surface area contributed by atoms with Crippen molar-refractivity contribution in [1.29, 1.82) is 0 Å². The van der Waals surface area contributed by atoms with Gasteiger partial charge in [-0.3, -0.25) is 4.79 Å². The Hall–Kier alpha value is -2.28. The summed E-state index contributed by atoms with van der Waals surface area (Å²) >= 11 is 1.59. The molecule has 1 atom stereocenters. The molecule has 1 unspecified atom stereocenters. The van der Waals surface area contributed by atoms with Crippen molar-refractivity contribution in [1.82, 2.24) is 24.4 Å². The lowest BCUT2D eigenvalue weighted by atomic mass is 10.2. The molecule has 2 heterocycles. The van der Waals surface area contributed by atoms with Gasteiger partial charge in [0.1, 0.15) is 11.9 Å². The smallest absolute Gasteiger partial charge is 0.243 e. The fraction of sp³-hybridized carbons (Fsp3) is 0.421. The molecule has 26 heavy (non-hydrogen) atoms. The molecule has 0 radical (unpaired) electrons. The number of carbonyl (C=O) groups is 1. The summed E-state index contributed by atoms with van der Waals surface area (Å²) in [5.74, 6) is 0.954. The molecule has 0 bridgehead atoms. The lowest BCUT2D eigenvalue weighted by Gasteiger charge is -2.20. The Morgan fingerprint density at radius 2 is 2.08 bits per heavy atom. The van der Waals surface area contributed by atoms with Crippen molar-refractivity contribution < 1.29 is 4.79 Å². The largest absolute Gasteiger partial charge is 0.349 e. The summed E-state index contributed by atoms with van der Waals surface area (Å²) < 4.78 is 4.09. The van der Waals surface area contributed by atoms with Gasteiger partial charge in [0, 0.05) is 13.5 Å². The molecule has 138 valence electrons. The van der Waals surface area contributed by atoms with Crippen LogP contribution in [0.4, 0.5) is 0 Å². The topological polar surface area (TPSA) is 64.7 Å². The molecule has 3 rings (SSSR count). The molecule has 0 saturated carbocycles. The maximum atomic E-state index is 13.0. The fourth-order valence-corrected chi connectivity index (χ4v) is 3.80. The number of hydrogen-bond acceptors (Lipinski definition) is 4. The minimum absolute atomic E-state index is 0.0113. The Morgan fingerprint density at radius 3 is 2.73 bits per heavy atom. The molecule has 6 nitrogen and oxygen atoms in total. The lowest BCUT2D eigenvalue weighted by molar-refractivity contribution is -0.124. The van der Waals surface area contributed by atoms with Crippen LogP contribution in [0.5, 0.6) is 0 Å². The first-order valence-electron chi connectivity index (χ1n) is 8.88. The van der Waals surface area contributed by atoms with E-state index in [0.29, 0.717) is 13.0 Å². The first-order valence-corrected chi connectivity index (χ1v) is 10.1. The van der Waals surface area contributed by atoms with E-state index in [0.717, 1.165) is 34.1 Å². The third-order valence-corrected chi connectivity index (χ3v) is 5.40. The Morgan fingerprint density at radius 1 is 1.31 bits per heavy atom. The quantitative estimate of drug-likeness (QED) is 0.647. The van der Waals surface area contributed by atoms with Gasteiger partial charge >= 0.3 is 0 Å². The number of nitrogens with one attached hydrogen (secondary N) is 1. The van der Waals surface area contributed by atoms with Gasteiger partial charge in [-0.2, -0.15) is 0 Å². The molecule has 0 fully saturated rings. The number of aromatic nitrogens is 4. The number of hydrogen-bond donors (Lipinski definition) is 1. The second-order valence-corrected chi connectivity index (χ2v) is 6.95. The molecule has 0 aliphatic carbocycles. The highest BCUT2D eigenvalue weighted by atomic mass is 32.2. The van der Waals surface area contributed by atoms with E-state index in [2.05, 4.69) is 21.8 Å². The van der Waals surface area contributed by atoms with Gasteiger partial charge in [0.15, 0.2) is 5.16 Å². The number of para-hydroxylation sites is 2. The SMILES string of the molecule is CCc1nc2ccccc2n1C(CC)C(=O)NCc1cnc(SC)n1C. The lowest BCUT2D eigenvalue weighted by Crippen LogP contribution is -2.33. The summed E-state index contributed by atoms with van der Waals surface area (Å²) in [6.45, 7) is 4.57. The highest BCUT2D eigenvalue weighted by molar-refractivity contribution is 7.98. The van der Waals surface area contributed by atoms with E-state index < -0.39 is 0 Å². The maximum Gasteiger partial charge on any atom is 0.243 e. The average molecular weight is 372 g/mol. The van der Waals surface area contributed by atoms with Crippen LogP contribution in [0, 0.1) is 0 Å². The van der Waals surface area contributed by atoms with Crippen LogP contribution in [0.15, 0.2) is 35.6 Å². The van der Waals surface area contributed by atoms with Gasteiger partial charge in [-0.1, -0.05) is 37.7 Å². The van der Waals surface area contributed by atoms with Gasteiger partial charge in [0.2, 0.25) is 5.91 Å². The number of fused-ring (bicyclic) bond motifs is 1. The van der Waals surface area contributed by atoms with Crippen molar-refractivity contribution in [3.63, 3.8) is 0 Å². The third-order valence-electron chi connectivity index (χ3n) is 4.65. The van der Waals surface area contributed by atoms with Crippen LogP contribution in [-0.2, 0) is 24.8 Å². The van der Waals surface area contributed by atoms with E-state index in [1.165, 1.54) is 0 Å². The fourth-order valence-electron chi connectivity index (χ4n) is 3.25. The maximum absolute atomic E-state index is 13.0. The van der Waals surface area contributed by atoms with Crippen LogP contribution in [0.2, 0.25) is 0 Å². The van der Waals surface area contributed by atoms with Gasteiger partial charge in [0.05, 0.1) is 29.5 Å². The van der Waals surface area contributed by atoms with Gasteiger partial charge in [0.25, 0.3) is 0 Å². The summed E-state index contributed by atoms with van der Waals surface area (Å²) in [6.07, 6.45) is 5.31. The molecular formula is C19H25N5OS. The first-order chi connectivity index (χ1) is 12.6. The second kappa shape index (κ2) is 7.95. The Kier molecular flexibility index (Phi) is 5.66. The number of aryl methyl sites for hydroxylation is 1. The van der Waals surface area contributed by atoms with E-state index in [1.54, 1.807) is 11.8 Å². The zero-order valence-electron chi connectivity index (χ0n) is 15.7. The standard InChI is InChI=1S/C19H25N5OS/c1-5-15(18(25)20-11-13-12-21-19(26-4)23(13)3)24-16-10-8-7-9-14(16)22-17(24)6-2/h7-10,12,15H,5-6,11H2,1-4H3,(H,20,25). The average Bonchev–Trinajstić information content (AvgIpc) is 3.21. The monoisotopic (exact) mass is 371 g/mol. The van der Waals surface area contributed by atoms with Crippen LogP contribution in [0.3, 0.4) is 0 Å². The van der Waals surface area contributed by atoms with Crippen molar-refractivity contribution in [2.24, 2.45) is 7.05 Å². The number of carbonyl (C=O) groups excluding carboxylic acids is 1. The Labute approximate surface area is 158 Å². The number of imidazole rings is 2. The van der Waals surface area contributed by atoms with Crippen molar-refractivity contribution in [2.45, 2.75) is 44.4 Å². The molecule has 0 spiro atoms. The number of rotatable bonds is 7. The van der Waals surface area contributed by atoms with Crippen molar-refractivity contribution in [3.8, 4) is 0 Å². The normalized spacial score (nSPS) is 12.5. The summed E-state index contributed by atoms with van der Waals surface area (Å²) in [6, 6.07) is 7.72. The molecule has 1 N–H and O–H groups in total. The zero-order valence-corrected chi connectivity index (χ0v) is 16.5. The van der Waals surface area contributed by atoms with Crippen molar-refractivity contribution in [3.05, 3.63) is 42.0 Å². The van der Waals surface area contributed by atoms with E-state index in [-0.39, 0.29) is 11.9 Å². The minimum Gasteiger partial charge on any atom is -0.349 e. The first kappa shape index (κ1) is 18.5. The molecular weight excluding hydrogens is 346 g/mol. The number of amides is 1. The van der Waals surface area contributed by atoms with E-state index in [1.807, 2.05) is 55.3 Å². The van der Waals surface area contributed by atoms with Crippen molar-refractivity contribution >= 4 is 28.7 Å². The van der Waals surface area contributed by atoms with Gasteiger partial charge in [-0.05, 0) is 24.8 Å². The van der Waals surface area contributed by atoms with Crippen LogP contribution in [0.25, 0.3) is 11.0 Å². The van der Waals surface area contributed by atoms with Crippen LogP contribution in [-0.4, -0.2) is 31.3 Å². The Balaban J connectivity index is 1.84. The molecule has 2 aromatic heterocycles. The molecule has 0 aliphatic rings. The number of thioether (sulfide) groups is 1. The van der Waals surface area contributed by atoms with Crippen LogP contribution < -0.4 is 5.32 Å². The predicted molar refractivity (Wildman–Crippen MR) is 105 cm³/mol. The van der Waals surface area contributed by atoms with Gasteiger partial charge in [-0.25, -0.2) is 9.97 Å². The molecule has 1 amide bonds. The van der Waals surface area contributed by atoms with Crippen LogP contribution >= 0.6 is 11.8 Å². The highest BCUT2D eigenvalue weighted by Gasteiger charge is 2.23. The molecule has 3 aromatic rings. The van der Waals surface area contributed by atoms with E-state index in [4.69, 9.17) is 4.98 Å². The van der Waals surface area contributed by atoms with Gasteiger partial charge < -0.3 is 14.5 Å².